The van der Waals surface area contributed by atoms with Gasteiger partial charge < -0.3 is 9.47 Å². The molecule has 2 rings (SSSR count). The predicted octanol–water partition coefficient (Wildman–Crippen LogP) is 2.58. The van der Waals surface area contributed by atoms with Crippen LogP contribution in [0.5, 0.6) is 0 Å². The molecule has 98 valence electrons. The van der Waals surface area contributed by atoms with E-state index < -0.39 is 0 Å². The van der Waals surface area contributed by atoms with Crippen LogP contribution in [0.25, 0.3) is 0 Å². The van der Waals surface area contributed by atoms with E-state index in [4.69, 9.17) is 9.47 Å². The van der Waals surface area contributed by atoms with Crippen molar-refractivity contribution in [2.75, 3.05) is 19.8 Å². The van der Waals surface area contributed by atoms with Crippen LogP contribution in [0, 0.1) is 11.8 Å². The van der Waals surface area contributed by atoms with Crippen molar-refractivity contribution in [2.24, 2.45) is 11.8 Å². The summed E-state index contributed by atoms with van der Waals surface area (Å²) in [5, 5.41) is 0. The first-order chi connectivity index (χ1) is 8.10. The highest BCUT2D eigenvalue weighted by Gasteiger charge is 2.41. The zero-order valence-corrected chi connectivity index (χ0v) is 11.0. The number of carbonyl (C=O) groups excluding carboxylic acids is 1. The lowest BCUT2D eigenvalue weighted by Gasteiger charge is -2.37. The fraction of sp³-hybridized carbons (Fsp3) is 0.929. The van der Waals surface area contributed by atoms with Crippen LogP contribution in [0.2, 0.25) is 0 Å². The van der Waals surface area contributed by atoms with E-state index in [1.165, 1.54) is 0 Å². The number of Topliss-reactive ketones (excluding diaryl/α,β-unsaturated/α-hetero) is 1. The van der Waals surface area contributed by atoms with Gasteiger partial charge in [-0.2, -0.15) is 0 Å². The summed E-state index contributed by atoms with van der Waals surface area (Å²) in [6.45, 7) is 6.54. The van der Waals surface area contributed by atoms with Gasteiger partial charge in [-0.3, -0.25) is 4.79 Å². The van der Waals surface area contributed by atoms with Gasteiger partial charge in [0.05, 0.1) is 12.2 Å². The number of carbonyl (C=O) groups is 1. The van der Waals surface area contributed by atoms with Crippen LogP contribution < -0.4 is 0 Å². The minimum absolute atomic E-state index is 0.0545. The zero-order valence-electron chi connectivity index (χ0n) is 11.0. The maximum Gasteiger partial charge on any atom is 0.133 e. The first kappa shape index (κ1) is 13.0. The second-order valence-corrected chi connectivity index (χ2v) is 6.03. The van der Waals surface area contributed by atoms with E-state index in [9.17, 15) is 4.79 Å². The molecule has 2 heterocycles. The van der Waals surface area contributed by atoms with Gasteiger partial charge in [0.15, 0.2) is 0 Å². The summed E-state index contributed by atoms with van der Waals surface area (Å²) < 4.78 is 11.3. The Kier molecular flexibility index (Phi) is 4.21. The first-order valence-corrected chi connectivity index (χ1v) is 6.83. The summed E-state index contributed by atoms with van der Waals surface area (Å²) in [7, 11) is 0. The molecule has 3 heteroatoms. The van der Waals surface area contributed by atoms with Gasteiger partial charge in [-0.1, -0.05) is 13.8 Å². The molecule has 0 aliphatic carbocycles. The van der Waals surface area contributed by atoms with Crippen LogP contribution >= 0.6 is 0 Å². The van der Waals surface area contributed by atoms with Gasteiger partial charge in [0.25, 0.3) is 0 Å². The van der Waals surface area contributed by atoms with Crippen LogP contribution in [-0.4, -0.2) is 31.2 Å². The molecule has 3 nitrogen and oxygen atoms in total. The SMILES string of the molecule is CC(C)CC(=O)CC1CCOC2(CCOC2)C1. The van der Waals surface area contributed by atoms with E-state index in [0.717, 1.165) is 51.9 Å². The molecule has 2 aliphatic heterocycles. The third kappa shape index (κ3) is 3.52. The Bertz CT molecular complexity index is 267. The van der Waals surface area contributed by atoms with Crippen LogP contribution in [0.3, 0.4) is 0 Å². The Hall–Kier alpha value is -0.410. The summed E-state index contributed by atoms with van der Waals surface area (Å²) in [6.07, 6.45) is 4.51. The normalized spacial score (nSPS) is 33.5. The van der Waals surface area contributed by atoms with Gasteiger partial charge in [-0.25, -0.2) is 0 Å². The van der Waals surface area contributed by atoms with Gasteiger partial charge in [-0.05, 0) is 24.7 Å². The topological polar surface area (TPSA) is 35.5 Å². The van der Waals surface area contributed by atoms with E-state index in [2.05, 4.69) is 13.8 Å². The molecule has 2 fully saturated rings. The fourth-order valence-corrected chi connectivity index (χ4v) is 3.03. The lowest BCUT2D eigenvalue weighted by Crippen LogP contribution is -2.40. The highest BCUT2D eigenvalue weighted by Crippen LogP contribution is 2.37. The van der Waals surface area contributed by atoms with E-state index in [1.807, 2.05) is 0 Å². The highest BCUT2D eigenvalue weighted by atomic mass is 16.6. The molecule has 0 bridgehead atoms. The molecule has 0 amide bonds. The van der Waals surface area contributed by atoms with Crippen LogP contribution in [-0.2, 0) is 14.3 Å². The molecule has 0 aromatic rings. The van der Waals surface area contributed by atoms with E-state index >= 15 is 0 Å². The molecule has 0 N–H and O–H groups in total. The number of ketones is 1. The molecule has 2 atom stereocenters. The van der Waals surface area contributed by atoms with Crippen molar-refractivity contribution in [2.45, 2.75) is 51.6 Å². The summed E-state index contributed by atoms with van der Waals surface area (Å²) in [5.74, 6) is 1.41. The molecule has 2 unspecified atom stereocenters. The Labute approximate surface area is 104 Å². The van der Waals surface area contributed by atoms with Crippen LogP contribution in [0.15, 0.2) is 0 Å². The van der Waals surface area contributed by atoms with E-state index in [-0.39, 0.29) is 5.60 Å². The Morgan fingerprint density at radius 1 is 1.41 bits per heavy atom. The largest absolute Gasteiger partial charge is 0.378 e. The number of rotatable bonds is 4. The average Bonchev–Trinajstić information content (AvgIpc) is 2.64. The van der Waals surface area contributed by atoms with Crippen molar-refractivity contribution < 1.29 is 14.3 Å². The molecular formula is C14H24O3. The predicted molar refractivity (Wildman–Crippen MR) is 65.9 cm³/mol. The fourth-order valence-electron chi connectivity index (χ4n) is 3.03. The highest BCUT2D eigenvalue weighted by molar-refractivity contribution is 5.78. The molecule has 0 saturated carbocycles. The van der Waals surface area contributed by atoms with E-state index in [0.29, 0.717) is 17.6 Å². The second-order valence-electron chi connectivity index (χ2n) is 6.03. The molecule has 17 heavy (non-hydrogen) atoms. The molecular weight excluding hydrogens is 216 g/mol. The molecule has 0 aromatic carbocycles. The molecule has 0 aromatic heterocycles. The molecule has 2 aliphatic rings. The Morgan fingerprint density at radius 3 is 2.88 bits per heavy atom. The molecule has 2 saturated heterocycles. The Balaban J connectivity index is 1.83. The van der Waals surface area contributed by atoms with E-state index in [1.54, 1.807) is 0 Å². The van der Waals surface area contributed by atoms with Crippen molar-refractivity contribution in [1.29, 1.82) is 0 Å². The van der Waals surface area contributed by atoms with Gasteiger partial charge in [0.2, 0.25) is 0 Å². The van der Waals surface area contributed by atoms with Crippen LogP contribution in [0.4, 0.5) is 0 Å². The third-order valence-corrected chi connectivity index (χ3v) is 3.81. The van der Waals surface area contributed by atoms with Crippen LogP contribution in [0.1, 0.15) is 46.0 Å². The maximum atomic E-state index is 11.9. The standard InChI is InChI=1S/C14H24O3/c1-11(2)7-13(15)8-12-3-5-17-14(9-12)4-6-16-10-14/h11-12H,3-10H2,1-2H3. The van der Waals surface area contributed by atoms with Crippen molar-refractivity contribution in [3.05, 3.63) is 0 Å². The number of hydrogen-bond acceptors (Lipinski definition) is 3. The van der Waals surface area contributed by atoms with Crippen molar-refractivity contribution >= 4 is 5.78 Å². The summed E-state index contributed by atoms with van der Waals surface area (Å²) >= 11 is 0. The monoisotopic (exact) mass is 240 g/mol. The summed E-state index contributed by atoms with van der Waals surface area (Å²) in [6, 6.07) is 0. The quantitative estimate of drug-likeness (QED) is 0.757. The number of ether oxygens (including phenoxy) is 2. The first-order valence-electron chi connectivity index (χ1n) is 6.83. The summed E-state index contributed by atoms with van der Waals surface area (Å²) in [4.78, 5) is 11.9. The molecule has 1 spiro atoms. The lowest BCUT2D eigenvalue weighted by atomic mass is 9.82. The zero-order chi connectivity index (χ0) is 12.3. The van der Waals surface area contributed by atoms with Gasteiger partial charge in [0.1, 0.15) is 5.78 Å². The number of hydrogen-bond donors (Lipinski definition) is 0. The summed E-state index contributed by atoms with van der Waals surface area (Å²) in [5.41, 5.74) is -0.0545. The van der Waals surface area contributed by atoms with Gasteiger partial charge >= 0.3 is 0 Å². The maximum absolute atomic E-state index is 11.9. The second kappa shape index (κ2) is 5.49. The average molecular weight is 240 g/mol. The van der Waals surface area contributed by atoms with Crippen molar-refractivity contribution in [1.82, 2.24) is 0 Å². The Morgan fingerprint density at radius 2 is 2.24 bits per heavy atom. The minimum atomic E-state index is -0.0545. The van der Waals surface area contributed by atoms with Crippen molar-refractivity contribution in [3.63, 3.8) is 0 Å². The third-order valence-electron chi connectivity index (χ3n) is 3.81. The van der Waals surface area contributed by atoms with Gasteiger partial charge in [-0.15, -0.1) is 0 Å². The molecule has 0 radical (unpaired) electrons. The smallest absolute Gasteiger partial charge is 0.133 e. The van der Waals surface area contributed by atoms with Gasteiger partial charge in [0, 0.05) is 32.5 Å². The van der Waals surface area contributed by atoms with Crippen molar-refractivity contribution in [3.8, 4) is 0 Å². The lowest BCUT2D eigenvalue weighted by molar-refractivity contribution is -0.125. The minimum Gasteiger partial charge on any atom is -0.378 e.